The SMILES string of the molecule is COc1ccc(NC(=O)Cn2nc(-c3ccc(OC)c(OC)c3)ccc2=O)cc1. The van der Waals surface area contributed by atoms with Crippen molar-refractivity contribution in [2.24, 2.45) is 0 Å². The number of benzene rings is 2. The molecule has 3 rings (SSSR count). The Kier molecular flexibility index (Phi) is 6.13. The molecule has 0 bridgehead atoms. The minimum Gasteiger partial charge on any atom is -0.497 e. The molecular formula is C21H21N3O5. The highest BCUT2D eigenvalue weighted by molar-refractivity contribution is 5.90. The number of methoxy groups -OCH3 is 3. The van der Waals surface area contributed by atoms with Crippen molar-refractivity contribution in [3.05, 3.63) is 65.0 Å². The van der Waals surface area contributed by atoms with E-state index in [1.807, 2.05) is 0 Å². The number of aromatic nitrogens is 2. The van der Waals surface area contributed by atoms with Gasteiger partial charge < -0.3 is 19.5 Å². The number of carbonyl (C=O) groups is 1. The standard InChI is InChI=1S/C21H21N3O5/c1-27-16-7-5-15(6-8-16)22-20(25)13-24-21(26)11-9-17(23-24)14-4-10-18(28-2)19(12-14)29-3/h4-12H,13H2,1-3H3,(H,22,25). The van der Waals surface area contributed by atoms with Gasteiger partial charge in [-0.2, -0.15) is 5.10 Å². The van der Waals surface area contributed by atoms with Crippen LogP contribution in [-0.4, -0.2) is 37.0 Å². The van der Waals surface area contributed by atoms with Crippen molar-refractivity contribution in [1.82, 2.24) is 9.78 Å². The van der Waals surface area contributed by atoms with Gasteiger partial charge >= 0.3 is 0 Å². The zero-order chi connectivity index (χ0) is 20.8. The largest absolute Gasteiger partial charge is 0.497 e. The highest BCUT2D eigenvalue weighted by Gasteiger charge is 2.11. The summed E-state index contributed by atoms with van der Waals surface area (Å²) in [5, 5.41) is 7.04. The Morgan fingerprint density at radius 3 is 2.31 bits per heavy atom. The number of anilines is 1. The van der Waals surface area contributed by atoms with Crippen LogP contribution in [-0.2, 0) is 11.3 Å². The van der Waals surface area contributed by atoms with Crippen LogP contribution in [0, 0.1) is 0 Å². The fraction of sp³-hybridized carbons (Fsp3) is 0.190. The van der Waals surface area contributed by atoms with Crippen molar-refractivity contribution >= 4 is 11.6 Å². The van der Waals surface area contributed by atoms with Gasteiger partial charge in [-0.05, 0) is 48.5 Å². The van der Waals surface area contributed by atoms with Gasteiger partial charge in [-0.1, -0.05) is 0 Å². The first-order valence-corrected chi connectivity index (χ1v) is 8.78. The molecule has 0 unspecified atom stereocenters. The number of hydrogen-bond acceptors (Lipinski definition) is 6. The summed E-state index contributed by atoms with van der Waals surface area (Å²) in [7, 11) is 4.66. The predicted octanol–water partition coefficient (Wildman–Crippen LogP) is 2.57. The normalized spacial score (nSPS) is 10.3. The molecule has 0 aliphatic rings. The van der Waals surface area contributed by atoms with E-state index in [1.165, 1.54) is 6.07 Å². The number of carbonyl (C=O) groups excluding carboxylic acids is 1. The molecule has 2 aromatic carbocycles. The third-order valence-corrected chi connectivity index (χ3v) is 4.21. The van der Waals surface area contributed by atoms with Gasteiger partial charge in [0.05, 0.1) is 27.0 Å². The molecule has 150 valence electrons. The summed E-state index contributed by atoms with van der Waals surface area (Å²) in [4.78, 5) is 24.5. The summed E-state index contributed by atoms with van der Waals surface area (Å²) in [5.74, 6) is 1.45. The van der Waals surface area contributed by atoms with E-state index in [-0.39, 0.29) is 18.0 Å². The first-order chi connectivity index (χ1) is 14.0. The maximum atomic E-state index is 12.3. The van der Waals surface area contributed by atoms with E-state index in [0.717, 1.165) is 10.2 Å². The predicted molar refractivity (Wildman–Crippen MR) is 109 cm³/mol. The van der Waals surface area contributed by atoms with Crippen LogP contribution in [0.15, 0.2) is 59.4 Å². The van der Waals surface area contributed by atoms with Gasteiger partial charge in [-0.25, -0.2) is 4.68 Å². The Hall–Kier alpha value is -3.81. The van der Waals surface area contributed by atoms with Crippen LogP contribution in [0.25, 0.3) is 11.3 Å². The molecule has 8 heteroatoms. The fourth-order valence-electron chi connectivity index (χ4n) is 2.72. The van der Waals surface area contributed by atoms with Crippen molar-refractivity contribution in [3.63, 3.8) is 0 Å². The molecule has 1 aromatic heterocycles. The monoisotopic (exact) mass is 395 g/mol. The van der Waals surface area contributed by atoms with E-state index < -0.39 is 0 Å². The van der Waals surface area contributed by atoms with Crippen molar-refractivity contribution < 1.29 is 19.0 Å². The summed E-state index contributed by atoms with van der Waals surface area (Å²) < 4.78 is 16.7. The van der Waals surface area contributed by atoms with Gasteiger partial charge in [-0.15, -0.1) is 0 Å². The molecule has 1 heterocycles. The maximum Gasteiger partial charge on any atom is 0.267 e. The Morgan fingerprint density at radius 1 is 0.931 bits per heavy atom. The number of ether oxygens (including phenoxy) is 3. The zero-order valence-electron chi connectivity index (χ0n) is 16.3. The third-order valence-electron chi connectivity index (χ3n) is 4.21. The van der Waals surface area contributed by atoms with E-state index in [0.29, 0.717) is 28.6 Å². The van der Waals surface area contributed by atoms with Gasteiger partial charge in [0.1, 0.15) is 12.3 Å². The first-order valence-electron chi connectivity index (χ1n) is 8.78. The molecular weight excluding hydrogens is 374 g/mol. The minimum absolute atomic E-state index is 0.216. The summed E-state index contributed by atoms with van der Waals surface area (Å²) in [6.07, 6.45) is 0. The van der Waals surface area contributed by atoms with Crippen molar-refractivity contribution in [1.29, 1.82) is 0 Å². The minimum atomic E-state index is -0.376. The molecule has 8 nitrogen and oxygen atoms in total. The highest BCUT2D eigenvalue weighted by atomic mass is 16.5. The molecule has 0 spiro atoms. The molecule has 1 N–H and O–H groups in total. The number of nitrogens with one attached hydrogen (secondary N) is 1. The Morgan fingerprint density at radius 2 is 1.66 bits per heavy atom. The number of nitrogens with zero attached hydrogens (tertiary/aromatic N) is 2. The second kappa shape index (κ2) is 8.92. The van der Waals surface area contributed by atoms with Crippen LogP contribution in [0.3, 0.4) is 0 Å². The molecule has 0 aliphatic heterocycles. The number of rotatable bonds is 7. The fourth-order valence-corrected chi connectivity index (χ4v) is 2.72. The van der Waals surface area contributed by atoms with E-state index in [2.05, 4.69) is 10.4 Å². The third kappa shape index (κ3) is 4.73. The summed E-state index contributed by atoms with van der Waals surface area (Å²) in [6, 6.07) is 15.2. The van der Waals surface area contributed by atoms with Crippen LogP contribution in [0.1, 0.15) is 0 Å². The van der Waals surface area contributed by atoms with E-state index in [4.69, 9.17) is 14.2 Å². The molecule has 1 amide bonds. The number of amides is 1. The van der Waals surface area contributed by atoms with Crippen LogP contribution in [0.2, 0.25) is 0 Å². The Balaban J connectivity index is 1.80. The van der Waals surface area contributed by atoms with Crippen LogP contribution >= 0.6 is 0 Å². The molecule has 0 aliphatic carbocycles. The van der Waals surface area contributed by atoms with Gasteiger partial charge in [0.2, 0.25) is 5.91 Å². The second-order valence-corrected chi connectivity index (χ2v) is 6.06. The molecule has 0 fully saturated rings. The smallest absolute Gasteiger partial charge is 0.267 e. The lowest BCUT2D eigenvalue weighted by Crippen LogP contribution is -2.29. The summed E-state index contributed by atoms with van der Waals surface area (Å²) in [6.45, 7) is -0.216. The second-order valence-electron chi connectivity index (χ2n) is 6.06. The quantitative estimate of drug-likeness (QED) is 0.661. The first kappa shape index (κ1) is 19.9. The van der Waals surface area contributed by atoms with Gasteiger partial charge in [-0.3, -0.25) is 9.59 Å². The average molecular weight is 395 g/mol. The lowest BCUT2D eigenvalue weighted by atomic mass is 10.1. The Bertz CT molecular complexity index is 1060. The highest BCUT2D eigenvalue weighted by Crippen LogP contribution is 2.31. The molecule has 0 atom stereocenters. The van der Waals surface area contributed by atoms with Gasteiger partial charge in [0.15, 0.2) is 11.5 Å². The van der Waals surface area contributed by atoms with Crippen molar-refractivity contribution in [2.75, 3.05) is 26.6 Å². The van der Waals surface area contributed by atoms with Crippen LogP contribution < -0.4 is 25.1 Å². The average Bonchev–Trinajstić information content (AvgIpc) is 2.75. The maximum absolute atomic E-state index is 12.3. The van der Waals surface area contributed by atoms with Gasteiger partial charge in [0.25, 0.3) is 5.56 Å². The van der Waals surface area contributed by atoms with Crippen molar-refractivity contribution in [2.45, 2.75) is 6.54 Å². The lowest BCUT2D eigenvalue weighted by Gasteiger charge is -2.11. The zero-order valence-corrected chi connectivity index (χ0v) is 16.3. The Labute approximate surface area is 167 Å². The van der Waals surface area contributed by atoms with Crippen LogP contribution in [0.5, 0.6) is 17.2 Å². The molecule has 0 saturated heterocycles. The van der Waals surface area contributed by atoms with Crippen LogP contribution in [0.4, 0.5) is 5.69 Å². The van der Waals surface area contributed by atoms with E-state index in [1.54, 1.807) is 69.9 Å². The number of hydrogen-bond donors (Lipinski definition) is 1. The van der Waals surface area contributed by atoms with E-state index in [9.17, 15) is 9.59 Å². The topological polar surface area (TPSA) is 91.7 Å². The molecule has 0 radical (unpaired) electrons. The summed E-state index contributed by atoms with van der Waals surface area (Å²) in [5.41, 5.74) is 1.48. The van der Waals surface area contributed by atoms with Crippen molar-refractivity contribution in [3.8, 4) is 28.5 Å². The molecule has 3 aromatic rings. The lowest BCUT2D eigenvalue weighted by molar-refractivity contribution is -0.117. The molecule has 29 heavy (non-hydrogen) atoms. The summed E-state index contributed by atoms with van der Waals surface area (Å²) >= 11 is 0. The van der Waals surface area contributed by atoms with Gasteiger partial charge in [0, 0.05) is 17.3 Å². The molecule has 0 saturated carbocycles. The van der Waals surface area contributed by atoms with E-state index >= 15 is 0 Å².